The first-order chi connectivity index (χ1) is 13.3. The van der Waals surface area contributed by atoms with Crippen molar-refractivity contribution in [3.8, 4) is 0 Å². The lowest BCUT2D eigenvalue weighted by Crippen LogP contribution is -2.31. The number of aromatic amines is 1. The molecule has 6 nitrogen and oxygen atoms in total. The molecule has 0 saturated heterocycles. The fourth-order valence-electron chi connectivity index (χ4n) is 3.14. The van der Waals surface area contributed by atoms with Crippen LogP contribution in [0, 0.1) is 11.7 Å². The molecule has 1 unspecified atom stereocenters. The smallest absolute Gasteiger partial charge is 0.336 e. The van der Waals surface area contributed by atoms with E-state index in [0.29, 0.717) is 28.2 Å². The number of anilines is 1. The van der Waals surface area contributed by atoms with E-state index in [9.17, 15) is 14.0 Å². The summed E-state index contributed by atoms with van der Waals surface area (Å²) in [6, 6.07) is 5.86. The Labute approximate surface area is 166 Å². The van der Waals surface area contributed by atoms with Crippen LogP contribution in [0.4, 0.5) is 10.2 Å². The maximum Gasteiger partial charge on any atom is 0.336 e. The number of aromatic nitrogens is 2. The molecule has 0 saturated carbocycles. The molecule has 1 aliphatic rings. The standard InChI is InChI=1S/C20H22FN3O3S/c1-10(2)9-28-20-23-17-16(18(25)24-20)15(12-6-5-7-13(21)8-12)14(11(3)22-17)19(26)27-4/h5-8,10,15H,9H2,1-4H3,(H2,22,23,24,25). The molecule has 1 atom stereocenters. The molecule has 2 N–H and O–H groups in total. The molecule has 0 spiro atoms. The van der Waals surface area contributed by atoms with Crippen LogP contribution in [0.3, 0.4) is 0 Å². The number of benzene rings is 1. The molecule has 0 radical (unpaired) electrons. The highest BCUT2D eigenvalue weighted by Crippen LogP contribution is 2.40. The number of nitrogens with zero attached hydrogens (tertiary/aromatic N) is 1. The molecular formula is C20H22FN3O3S. The van der Waals surface area contributed by atoms with E-state index in [0.717, 1.165) is 5.75 Å². The quantitative estimate of drug-likeness (QED) is 0.450. The molecule has 148 valence electrons. The number of thioether (sulfide) groups is 1. The van der Waals surface area contributed by atoms with Gasteiger partial charge in [0.25, 0.3) is 5.56 Å². The largest absolute Gasteiger partial charge is 0.466 e. The Morgan fingerprint density at radius 1 is 1.39 bits per heavy atom. The van der Waals surface area contributed by atoms with E-state index in [1.165, 1.54) is 31.0 Å². The number of halogens is 1. The Balaban J connectivity index is 2.18. The molecule has 28 heavy (non-hydrogen) atoms. The van der Waals surface area contributed by atoms with Crippen molar-refractivity contribution in [2.45, 2.75) is 31.8 Å². The summed E-state index contributed by atoms with van der Waals surface area (Å²) in [5.74, 6) is -0.200. The lowest BCUT2D eigenvalue weighted by molar-refractivity contribution is -0.136. The average Bonchev–Trinajstić information content (AvgIpc) is 2.64. The Morgan fingerprint density at radius 3 is 2.79 bits per heavy atom. The van der Waals surface area contributed by atoms with E-state index in [1.54, 1.807) is 19.1 Å². The van der Waals surface area contributed by atoms with Gasteiger partial charge in [-0.25, -0.2) is 14.2 Å². The van der Waals surface area contributed by atoms with Gasteiger partial charge in [0.2, 0.25) is 0 Å². The summed E-state index contributed by atoms with van der Waals surface area (Å²) in [6.07, 6.45) is 0. The van der Waals surface area contributed by atoms with Crippen molar-refractivity contribution in [2.24, 2.45) is 5.92 Å². The number of carbonyl (C=O) groups excluding carboxylic acids is 1. The van der Waals surface area contributed by atoms with Crippen molar-refractivity contribution in [1.29, 1.82) is 0 Å². The topological polar surface area (TPSA) is 84.1 Å². The average molecular weight is 403 g/mol. The van der Waals surface area contributed by atoms with Gasteiger partial charge < -0.3 is 15.0 Å². The van der Waals surface area contributed by atoms with Crippen LogP contribution in [0.1, 0.15) is 37.8 Å². The molecule has 0 bridgehead atoms. The third-order valence-corrected chi connectivity index (χ3v) is 5.66. The van der Waals surface area contributed by atoms with Crippen LogP contribution in [0.5, 0.6) is 0 Å². The molecule has 1 aromatic carbocycles. The predicted octanol–water partition coefficient (Wildman–Crippen LogP) is 3.66. The number of H-pyrrole nitrogens is 1. The van der Waals surface area contributed by atoms with Gasteiger partial charge in [-0.15, -0.1) is 0 Å². The van der Waals surface area contributed by atoms with E-state index < -0.39 is 17.7 Å². The zero-order valence-corrected chi connectivity index (χ0v) is 16.9. The highest BCUT2D eigenvalue weighted by atomic mass is 32.2. The van der Waals surface area contributed by atoms with Gasteiger partial charge >= 0.3 is 5.97 Å². The molecule has 8 heteroatoms. The molecule has 0 amide bonds. The van der Waals surface area contributed by atoms with Crippen LogP contribution in [-0.2, 0) is 9.53 Å². The summed E-state index contributed by atoms with van der Waals surface area (Å²) in [5, 5.41) is 3.55. The second-order valence-electron chi connectivity index (χ2n) is 6.98. The number of hydrogen-bond donors (Lipinski definition) is 2. The zero-order chi connectivity index (χ0) is 20.4. The SMILES string of the molecule is COC(=O)C1=C(C)Nc2nc(SCC(C)C)[nH]c(=O)c2C1c1cccc(F)c1. The molecular weight excluding hydrogens is 381 g/mol. The number of allylic oxidation sites excluding steroid dienone is 1. The molecule has 1 aliphatic heterocycles. The monoisotopic (exact) mass is 403 g/mol. The molecule has 0 fully saturated rings. The van der Waals surface area contributed by atoms with Gasteiger partial charge in [-0.2, -0.15) is 0 Å². The zero-order valence-electron chi connectivity index (χ0n) is 16.1. The Bertz CT molecular complexity index is 1000. The minimum Gasteiger partial charge on any atom is -0.466 e. The van der Waals surface area contributed by atoms with E-state index in [2.05, 4.69) is 29.1 Å². The fourth-order valence-corrected chi connectivity index (χ4v) is 3.96. The van der Waals surface area contributed by atoms with E-state index >= 15 is 0 Å². The van der Waals surface area contributed by atoms with Crippen molar-refractivity contribution >= 4 is 23.5 Å². The van der Waals surface area contributed by atoms with Gasteiger partial charge in [0.1, 0.15) is 11.6 Å². The highest BCUT2D eigenvalue weighted by Gasteiger charge is 2.36. The maximum absolute atomic E-state index is 13.9. The van der Waals surface area contributed by atoms with Gasteiger partial charge in [0.05, 0.1) is 24.2 Å². The lowest BCUT2D eigenvalue weighted by atomic mass is 9.82. The van der Waals surface area contributed by atoms with Crippen molar-refractivity contribution in [3.05, 3.63) is 62.8 Å². The van der Waals surface area contributed by atoms with E-state index in [1.807, 2.05) is 0 Å². The first kappa shape index (κ1) is 20.1. The Morgan fingerprint density at radius 2 is 2.14 bits per heavy atom. The highest BCUT2D eigenvalue weighted by molar-refractivity contribution is 7.99. The van der Waals surface area contributed by atoms with Crippen molar-refractivity contribution in [3.63, 3.8) is 0 Å². The van der Waals surface area contributed by atoms with E-state index in [-0.39, 0.29) is 16.7 Å². The first-order valence-electron chi connectivity index (χ1n) is 8.90. The van der Waals surface area contributed by atoms with Crippen LogP contribution in [0.25, 0.3) is 0 Å². The normalized spacial score (nSPS) is 16.0. The number of rotatable bonds is 5. The van der Waals surface area contributed by atoms with Crippen molar-refractivity contribution in [1.82, 2.24) is 9.97 Å². The summed E-state index contributed by atoms with van der Waals surface area (Å²) < 4.78 is 18.8. The molecule has 0 aliphatic carbocycles. The fraction of sp³-hybridized carbons (Fsp3) is 0.350. The minimum absolute atomic E-state index is 0.260. The van der Waals surface area contributed by atoms with Gasteiger partial charge in [-0.05, 0) is 30.5 Å². The van der Waals surface area contributed by atoms with Gasteiger partial charge in [0, 0.05) is 11.4 Å². The third kappa shape index (κ3) is 3.96. The second-order valence-corrected chi connectivity index (χ2v) is 7.99. The van der Waals surface area contributed by atoms with Crippen LogP contribution >= 0.6 is 11.8 Å². The summed E-state index contributed by atoms with van der Waals surface area (Å²) in [6.45, 7) is 5.87. The number of esters is 1. The van der Waals surface area contributed by atoms with Gasteiger partial charge in [-0.3, -0.25) is 4.79 Å². The van der Waals surface area contributed by atoms with Crippen molar-refractivity contribution in [2.75, 3.05) is 18.2 Å². The third-order valence-electron chi connectivity index (χ3n) is 4.36. The van der Waals surface area contributed by atoms with Crippen molar-refractivity contribution < 1.29 is 13.9 Å². The van der Waals surface area contributed by atoms with Gasteiger partial charge in [0.15, 0.2) is 5.16 Å². The summed E-state index contributed by atoms with van der Waals surface area (Å²) in [7, 11) is 1.27. The summed E-state index contributed by atoms with van der Waals surface area (Å²) in [4.78, 5) is 32.7. The summed E-state index contributed by atoms with van der Waals surface area (Å²) in [5.41, 5.74) is 1.16. The molecule has 1 aromatic heterocycles. The summed E-state index contributed by atoms with van der Waals surface area (Å²) >= 11 is 1.45. The van der Waals surface area contributed by atoms with Gasteiger partial charge in [-0.1, -0.05) is 37.7 Å². The Kier molecular flexibility index (Phi) is 5.88. The second kappa shape index (κ2) is 8.18. The number of carbonyl (C=O) groups is 1. The first-order valence-corrected chi connectivity index (χ1v) is 9.89. The number of ether oxygens (including phenoxy) is 1. The van der Waals surface area contributed by atoms with Crippen LogP contribution in [0.2, 0.25) is 0 Å². The minimum atomic E-state index is -0.778. The predicted molar refractivity (Wildman–Crippen MR) is 107 cm³/mol. The number of nitrogens with one attached hydrogen (secondary N) is 2. The van der Waals surface area contributed by atoms with E-state index in [4.69, 9.17) is 4.74 Å². The molecule has 2 heterocycles. The van der Waals surface area contributed by atoms with Crippen LogP contribution in [0.15, 0.2) is 45.5 Å². The molecule has 3 rings (SSSR count). The molecule has 2 aromatic rings. The maximum atomic E-state index is 13.9. The van der Waals surface area contributed by atoms with Crippen LogP contribution < -0.4 is 10.9 Å². The lowest BCUT2D eigenvalue weighted by Gasteiger charge is -2.28. The number of hydrogen-bond acceptors (Lipinski definition) is 6. The number of methoxy groups -OCH3 is 1. The number of fused-ring (bicyclic) bond motifs is 1. The van der Waals surface area contributed by atoms with Crippen LogP contribution in [-0.4, -0.2) is 28.8 Å². The Hall–Kier alpha value is -2.61.